The molecule has 1 aromatic rings. The number of hydrogen-bond acceptors (Lipinski definition) is 2. The van der Waals surface area contributed by atoms with Gasteiger partial charge in [0.1, 0.15) is 0 Å². The van der Waals surface area contributed by atoms with E-state index in [4.69, 9.17) is 11.2 Å². The maximum atomic E-state index is 5.43. The van der Waals surface area contributed by atoms with Crippen molar-refractivity contribution in [1.29, 1.82) is 0 Å². The number of ether oxygens (including phenoxy) is 1. The van der Waals surface area contributed by atoms with E-state index in [1.807, 2.05) is 19.1 Å². The van der Waals surface area contributed by atoms with Crippen LogP contribution >= 0.6 is 0 Å². The maximum absolute atomic E-state index is 5.43. The molecule has 0 aliphatic heterocycles. The van der Waals surface area contributed by atoms with Gasteiger partial charge in [0.15, 0.2) is 0 Å². The molecule has 0 spiro atoms. The zero-order chi connectivity index (χ0) is 11.6. The Morgan fingerprint density at radius 3 is 2.75 bits per heavy atom. The molecular formula is C14H19NO. The highest BCUT2D eigenvalue weighted by atomic mass is 16.5. The van der Waals surface area contributed by atoms with E-state index in [0.717, 1.165) is 26.1 Å². The highest BCUT2D eigenvalue weighted by Crippen LogP contribution is 2.09. The summed E-state index contributed by atoms with van der Waals surface area (Å²) in [5.74, 6) is 2.62. The Balaban J connectivity index is 2.47. The van der Waals surface area contributed by atoms with E-state index in [1.54, 1.807) is 0 Å². The number of terminal acetylenes is 1. The Hall–Kier alpha value is -1.30. The van der Waals surface area contributed by atoms with E-state index in [9.17, 15) is 0 Å². The van der Waals surface area contributed by atoms with Crippen molar-refractivity contribution in [3.05, 3.63) is 35.4 Å². The fourth-order valence-electron chi connectivity index (χ4n) is 1.47. The summed E-state index contributed by atoms with van der Waals surface area (Å²) in [4.78, 5) is 0. The predicted octanol–water partition coefficient (Wildman–Crippen LogP) is 2.34. The van der Waals surface area contributed by atoms with Crippen LogP contribution in [0.15, 0.2) is 24.3 Å². The van der Waals surface area contributed by atoms with Crippen LogP contribution in [0.3, 0.4) is 0 Å². The van der Waals surface area contributed by atoms with Crippen molar-refractivity contribution in [2.45, 2.75) is 26.5 Å². The Bertz CT molecular complexity index is 341. The van der Waals surface area contributed by atoms with Gasteiger partial charge in [-0.15, -0.1) is 12.3 Å². The van der Waals surface area contributed by atoms with Gasteiger partial charge >= 0.3 is 0 Å². The molecule has 1 N–H and O–H groups in total. The number of hydrogen-bond donors (Lipinski definition) is 1. The van der Waals surface area contributed by atoms with Crippen LogP contribution in [0.5, 0.6) is 0 Å². The molecule has 1 aromatic carbocycles. The van der Waals surface area contributed by atoms with Crippen LogP contribution in [-0.2, 0) is 17.9 Å². The SMILES string of the molecule is C#CCCNCc1ccccc1COCC. The molecule has 0 aliphatic carbocycles. The van der Waals surface area contributed by atoms with Gasteiger partial charge in [-0.3, -0.25) is 0 Å². The molecule has 2 heteroatoms. The van der Waals surface area contributed by atoms with Crippen molar-refractivity contribution in [3.8, 4) is 12.3 Å². The smallest absolute Gasteiger partial charge is 0.0719 e. The lowest BCUT2D eigenvalue weighted by Gasteiger charge is -2.09. The number of rotatable bonds is 7. The topological polar surface area (TPSA) is 21.3 Å². The minimum Gasteiger partial charge on any atom is -0.377 e. The largest absolute Gasteiger partial charge is 0.377 e. The first-order chi connectivity index (χ1) is 7.88. The third-order valence-electron chi connectivity index (χ3n) is 2.34. The standard InChI is InChI=1S/C14H19NO/c1-3-5-10-15-11-13-8-6-7-9-14(13)12-16-4-2/h1,6-9,15H,4-5,10-12H2,2H3. The average molecular weight is 217 g/mol. The molecule has 16 heavy (non-hydrogen) atoms. The summed E-state index contributed by atoms with van der Waals surface area (Å²) in [6.07, 6.45) is 5.97. The Morgan fingerprint density at radius 1 is 1.31 bits per heavy atom. The molecule has 0 atom stereocenters. The Kier molecular flexibility index (Phi) is 6.32. The van der Waals surface area contributed by atoms with Gasteiger partial charge in [0, 0.05) is 26.1 Å². The van der Waals surface area contributed by atoms with Gasteiger partial charge < -0.3 is 10.1 Å². The van der Waals surface area contributed by atoms with Crippen LogP contribution in [-0.4, -0.2) is 13.2 Å². The fraction of sp³-hybridized carbons (Fsp3) is 0.429. The Labute approximate surface area is 98.0 Å². The first kappa shape index (κ1) is 12.8. The summed E-state index contributed by atoms with van der Waals surface area (Å²) in [5.41, 5.74) is 2.53. The minimum absolute atomic E-state index is 0.684. The quantitative estimate of drug-likeness (QED) is 0.559. The van der Waals surface area contributed by atoms with Crippen LogP contribution in [0.4, 0.5) is 0 Å². The van der Waals surface area contributed by atoms with E-state index < -0.39 is 0 Å². The van der Waals surface area contributed by atoms with E-state index in [2.05, 4.69) is 23.4 Å². The molecule has 0 radical (unpaired) electrons. The van der Waals surface area contributed by atoms with Gasteiger partial charge in [0.2, 0.25) is 0 Å². The normalized spacial score (nSPS) is 10.0. The zero-order valence-electron chi connectivity index (χ0n) is 9.83. The van der Waals surface area contributed by atoms with Gasteiger partial charge in [-0.25, -0.2) is 0 Å². The van der Waals surface area contributed by atoms with E-state index >= 15 is 0 Å². The number of nitrogens with one attached hydrogen (secondary N) is 1. The summed E-state index contributed by atoms with van der Waals surface area (Å²) < 4.78 is 5.43. The third kappa shape index (κ3) is 4.48. The molecular weight excluding hydrogens is 198 g/mol. The summed E-state index contributed by atoms with van der Waals surface area (Å²) in [6.45, 7) is 5.15. The molecule has 0 saturated heterocycles. The molecule has 0 fully saturated rings. The molecule has 0 heterocycles. The third-order valence-corrected chi connectivity index (χ3v) is 2.34. The molecule has 0 aliphatic rings. The van der Waals surface area contributed by atoms with E-state index in [1.165, 1.54) is 11.1 Å². The van der Waals surface area contributed by atoms with E-state index in [-0.39, 0.29) is 0 Å². The van der Waals surface area contributed by atoms with Crippen LogP contribution in [0.25, 0.3) is 0 Å². The van der Waals surface area contributed by atoms with Crippen molar-refractivity contribution in [2.24, 2.45) is 0 Å². The van der Waals surface area contributed by atoms with Gasteiger partial charge in [-0.05, 0) is 18.1 Å². The highest BCUT2D eigenvalue weighted by Gasteiger charge is 2.00. The first-order valence-corrected chi connectivity index (χ1v) is 5.67. The second-order valence-corrected chi connectivity index (χ2v) is 3.54. The summed E-state index contributed by atoms with van der Waals surface area (Å²) in [7, 11) is 0. The second kappa shape index (κ2) is 7.92. The lowest BCUT2D eigenvalue weighted by atomic mass is 10.1. The first-order valence-electron chi connectivity index (χ1n) is 5.67. The predicted molar refractivity (Wildman–Crippen MR) is 66.9 cm³/mol. The van der Waals surface area contributed by atoms with Gasteiger partial charge in [-0.1, -0.05) is 24.3 Å². The van der Waals surface area contributed by atoms with E-state index in [0.29, 0.717) is 6.61 Å². The molecule has 0 amide bonds. The van der Waals surface area contributed by atoms with Crippen LogP contribution < -0.4 is 5.32 Å². The monoisotopic (exact) mass is 217 g/mol. The molecule has 86 valence electrons. The maximum Gasteiger partial charge on any atom is 0.0719 e. The molecule has 0 unspecified atom stereocenters. The van der Waals surface area contributed by atoms with Crippen LogP contribution in [0, 0.1) is 12.3 Å². The summed E-state index contributed by atoms with van der Waals surface area (Å²) in [6, 6.07) is 8.32. The average Bonchev–Trinajstić information content (AvgIpc) is 2.33. The molecule has 0 aromatic heterocycles. The molecule has 0 bridgehead atoms. The van der Waals surface area contributed by atoms with Gasteiger partial charge in [0.05, 0.1) is 6.61 Å². The zero-order valence-corrected chi connectivity index (χ0v) is 9.83. The van der Waals surface area contributed by atoms with Gasteiger partial charge in [-0.2, -0.15) is 0 Å². The summed E-state index contributed by atoms with van der Waals surface area (Å²) >= 11 is 0. The van der Waals surface area contributed by atoms with Crippen molar-refractivity contribution in [1.82, 2.24) is 5.32 Å². The van der Waals surface area contributed by atoms with Crippen LogP contribution in [0.1, 0.15) is 24.5 Å². The van der Waals surface area contributed by atoms with Crippen molar-refractivity contribution in [3.63, 3.8) is 0 Å². The Morgan fingerprint density at radius 2 is 2.06 bits per heavy atom. The van der Waals surface area contributed by atoms with Crippen molar-refractivity contribution in [2.75, 3.05) is 13.2 Å². The highest BCUT2D eigenvalue weighted by molar-refractivity contribution is 5.26. The second-order valence-electron chi connectivity index (χ2n) is 3.54. The minimum atomic E-state index is 0.684. The number of benzene rings is 1. The molecule has 1 rings (SSSR count). The molecule has 0 saturated carbocycles. The fourth-order valence-corrected chi connectivity index (χ4v) is 1.47. The molecule has 2 nitrogen and oxygen atoms in total. The lowest BCUT2D eigenvalue weighted by Crippen LogP contribution is -2.15. The van der Waals surface area contributed by atoms with Gasteiger partial charge in [0.25, 0.3) is 0 Å². The summed E-state index contributed by atoms with van der Waals surface area (Å²) in [5, 5.41) is 3.32. The van der Waals surface area contributed by atoms with Crippen molar-refractivity contribution < 1.29 is 4.74 Å². The van der Waals surface area contributed by atoms with Crippen molar-refractivity contribution >= 4 is 0 Å². The lowest BCUT2D eigenvalue weighted by molar-refractivity contribution is 0.133. The van der Waals surface area contributed by atoms with Crippen LogP contribution in [0.2, 0.25) is 0 Å².